The minimum atomic E-state index is 0.0327. The second-order valence-electron chi connectivity index (χ2n) is 4.77. The first-order valence-corrected chi connectivity index (χ1v) is 7.84. The van der Waals surface area contributed by atoms with Crippen LogP contribution in [0.5, 0.6) is 0 Å². The highest BCUT2D eigenvalue weighted by Gasteiger charge is 2.31. The Bertz CT molecular complexity index is 420. The first-order chi connectivity index (χ1) is 9.19. The number of aliphatic hydroxyl groups is 1. The van der Waals surface area contributed by atoms with Crippen LogP contribution in [0.3, 0.4) is 0 Å². The van der Waals surface area contributed by atoms with Gasteiger partial charge in [0.15, 0.2) is 0 Å². The number of hydrogen-bond acceptors (Lipinski definition) is 3. The van der Waals surface area contributed by atoms with E-state index >= 15 is 0 Å². The molecule has 3 nitrogen and oxygen atoms in total. The average Bonchev–Trinajstić information content (AvgIpc) is 3.22. The third-order valence-corrected chi connectivity index (χ3v) is 4.43. The van der Waals surface area contributed by atoms with Gasteiger partial charge in [-0.05, 0) is 49.4 Å². The lowest BCUT2D eigenvalue weighted by Crippen LogP contribution is -2.38. The first-order valence-electron chi connectivity index (χ1n) is 6.47. The fraction of sp³-hybridized carbons (Fsp3) is 0.500. The van der Waals surface area contributed by atoms with Crippen LogP contribution in [0.25, 0.3) is 0 Å². The van der Waals surface area contributed by atoms with Crippen molar-refractivity contribution in [2.45, 2.75) is 30.2 Å². The molecule has 1 aromatic rings. The number of benzene rings is 1. The molecule has 1 aromatic carbocycles. The third-order valence-electron chi connectivity index (χ3n) is 3.16. The van der Waals surface area contributed by atoms with E-state index in [1.54, 1.807) is 0 Å². The maximum Gasteiger partial charge on any atom is 0.230 e. The largest absolute Gasteiger partial charge is 0.396 e. The fourth-order valence-electron chi connectivity index (χ4n) is 1.99. The molecule has 0 saturated heterocycles. The molecule has 5 heteroatoms. The van der Waals surface area contributed by atoms with Crippen molar-refractivity contribution in [3.8, 4) is 0 Å². The SMILES string of the molecule is O=C(CSc1ccc(Cl)cc1)NC(CCO)C1CC1. The molecular weight excluding hydrogens is 282 g/mol. The predicted octanol–water partition coefficient (Wildman–Crippen LogP) is 2.71. The molecular formula is C14H18ClNO2S. The van der Waals surface area contributed by atoms with Crippen LogP contribution in [0.15, 0.2) is 29.2 Å². The van der Waals surface area contributed by atoms with Crippen LogP contribution in [-0.4, -0.2) is 29.4 Å². The van der Waals surface area contributed by atoms with E-state index < -0.39 is 0 Å². The zero-order valence-corrected chi connectivity index (χ0v) is 12.2. The number of aliphatic hydroxyl groups excluding tert-OH is 1. The Morgan fingerprint density at radius 2 is 2.11 bits per heavy atom. The summed E-state index contributed by atoms with van der Waals surface area (Å²) >= 11 is 7.30. The number of thioether (sulfide) groups is 1. The number of nitrogens with one attached hydrogen (secondary N) is 1. The van der Waals surface area contributed by atoms with Crippen molar-refractivity contribution in [2.24, 2.45) is 5.92 Å². The number of amides is 1. The molecule has 1 aliphatic rings. The van der Waals surface area contributed by atoms with Crippen LogP contribution in [0.2, 0.25) is 5.02 Å². The Hall–Kier alpha value is -0.710. The number of rotatable bonds is 7. The highest BCUT2D eigenvalue weighted by atomic mass is 35.5. The van der Waals surface area contributed by atoms with Crippen LogP contribution in [-0.2, 0) is 4.79 Å². The van der Waals surface area contributed by atoms with Gasteiger partial charge in [0, 0.05) is 22.6 Å². The van der Waals surface area contributed by atoms with Crippen molar-refractivity contribution in [3.63, 3.8) is 0 Å². The second-order valence-corrected chi connectivity index (χ2v) is 6.25. The van der Waals surface area contributed by atoms with Gasteiger partial charge in [-0.15, -0.1) is 11.8 Å². The topological polar surface area (TPSA) is 49.3 Å². The molecule has 0 bridgehead atoms. The lowest BCUT2D eigenvalue weighted by atomic mass is 10.1. The maximum atomic E-state index is 11.9. The summed E-state index contributed by atoms with van der Waals surface area (Å²) in [4.78, 5) is 12.9. The van der Waals surface area contributed by atoms with Gasteiger partial charge in [-0.2, -0.15) is 0 Å². The summed E-state index contributed by atoms with van der Waals surface area (Å²) in [5, 5.41) is 12.7. The molecule has 2 rings (SSSR count). The maximum absolute atomic E-state index is 11.9. The van der Waals surface area contributed by atoms with Gasteiger partial charge >= 0.3 is 0 Å². The zero-order chi connectivity index (χ0) is 13.7. The average molecular weight is 300 g/mol. The van der Waals surface area contributed by atoms with Gasteiger partial charge in [0.05, 0.1) is 5.75 Å². The summed E-state index contributed by atoms with van der Waals surface area (Å²) in [7, 11) is 0. The molecule has 1 fully saturated rings. The van der Waals surface area contributed by atoms with Crippen molar-refractivity contribution >= 4 is 29.3 Å². The Labute approximate surface area is 122 Å². The van der Waals surface area contributed by atoms with E-state index in [0.29, 0.717) is 23.1 Å². The van der Waals surface area contributed by atoms with Gasteiger partial charge in [-0.3, -0.25) is 4.79 Å². The van der Waals surface area contributed by atoms with Crippen LogP contribution in [0, 0.1) is 5.92 Å². The summed E-state index contributed by atoms with van der Waals surface area (Å²) < 4.78 is 0. The van der Waals surface area contributed by atoms with Crippen LogP contribution in [0.1, 0.15) is 19.3 Å². The Morgan fingerprint density at radius 3 is 2.68 bits per heavy atom. The number of carbonyl (C=O) groups is 1. The Morgan fingerprint density at radius 1 is 1.42 bits per heavy atom. The number of carbonyl (C=O) groups excluding carboxylic acids is 1. The minimum Gasteiger partial charge on any atom is -0.396 e. The van der Waals surface area contributed by atoms with Gasteiger partial charge < -0.3 is 10.4 Å². The van der Waals surface area contributed by atoms with Crippen LogP contribution >= 0.6 is 23.4 Å². The molecule has 1 amide bonds. The van der Waals surface area contributed by atoms with Gasteiger partial charge in [-0.25, -0.2) is 0 Å². The quantitative estimate of drug-likeness (QED) is 0.761. The van der Waals surface area contributed by atoms with E-state index in [1.807, 2.05) is 24.3 Å². The molecule has 0 radical (unpaired) electrons. The van der Waals surface area contributed by atoms with Crippen molar-refractivity contribution in [2.75, 3.05) is 12.4 Å². The zero-order valence-electron chi connectivity index (χ0n) is 10.6. The smallest absolute Gasteiger partial charge is 0.230 e. The molecule has 0 heterocycles. The summed E-state index contributed by atoms with van der Waals surface area (Å²) in [6.45, 7) is 0.131. The third kappa shape index (κ3) is 5.05. The van der Waals surface area contributed by atoms with Crippen LogP contribution in [0.4, 0.5) is 0 Å². The molecule has 0 aliphatic heterocycles. The number of hydrogen-bond donors (Lipinski definition) is 2. The second kappa shape index (κ2) is 7.17. The highest BCUT2D eigenvalue weighted by molar-refractivity contribution is 8.00. The monoisotopic (exact) mass is 299 g/mol. The predicted molar refractivity (Wildman–Crippen MR) is 78.5 cm³/mol. The van der Waals surface area contributed by atoms with E-state index in [2.05, 4.69) is 5.32 Å². The van der Waals surface area contributed by atoms with E-state index in [-0.39, 0.29) is 18.6 Å². The lowest BCUT2D eigenvalue weighted by Gasteiger charge is -2.16. The van der Waals surface area contributed by atoms with Crippen molar-refractivity contribution < 1.29 is 9.90 Å². The fourth-order valence-corrected chi connectivity index (χ4v) is 2.83. The van der Waals surface area contributed by atoms with Crippen LogP contribution < -0.4 is 5.32 Å². The molecule has 1 atom stereocenters. The van der Waals surface area contributed by atoms with Crippen molar-refractivity contribution in [3.05, 3.63) is 29.3 Å². The molecule has 104 valence electrons. The molecule has 0 spiro atoms. The van der Waals surface area contributed by atoms with Gasteiger partial charge in [0.25, 0.3) is 0 Å². The van der Waals surface area contributed by atoms with Gasteiger partial charge in [0.2, 0.25) is 5.91 Å². The molecule has 1 saturated carbocycles. The van der Waals surface area contributed by atoms with E-state index in [0.717, 1.165) is 17.7 Å². The standard InChI is InChI=1S/C14H18ClNO2S/c15-11-3-5-12(6-4-11)19-9-14(18)16-13(7-8-17)10-1-2-10/h3-6,10,13,17H,1-2,7-9H2,(H,16,18). The van der Waals surface area contributed by atoms with E-state index in [4.69, 9.17) is 16.7 Å². The molecule has 2 N–H and O–H groups in total. The summed E-state index contributed by atoms with van der Waals surface area (Å²) in [6.07, 6.45) is 2.98. The van der Waals surface area contributed by atoms with Gasteiger partial charge in [-0.1, -0.05) is 11.6 Å². The molecule has 19 heavy (non-hydrogen) atoms. The van der Waals surface area contributed by atoms with Crippen molar-refractivity contribution in [1.82, 2.24) is 5.32 Å². The lowest BCUT2D eigenvalue weighted by molar-refractivity contribution is -0.119. The van der Waals surface area contributed by atoms with Gasteiger partial charge in [0.1, 0.15) is 0 Å². The molecule has 1 aliphatic carbocycles. The molecule has 1 unspecified atom stereocenters. The summed E-state index contributed by atoms with van der Waals surface area (Å²) in [5.41, 5.74) is 0. The van der Waals surface area contributed by atoms with E-state index in [1.165, 1.54) is 11.8 Å². The summed E-state index contributed by atoms with van der Waals surface area (Å²) in [6, 6.07) is 7.60. The Kier molecular flexibility index (Phi) is 5.55. The minimum absolute atomic E-state index is 0.0327. The van der Waals surface area contributed by atoms with Crippen molar-refractivity contribution in [1.29, 1.82) is 0 Å². The number of halogens is 1. The Balaban J connectivity index is 1.75. The first kappa shape index (κ1) is 14.7. The van der Waals surface area contributed by atoms with E-state index in [9.17, 15) is 4.79 Å². The highest BCUT2D eigenvalue weighted by Crippen LogP contribution is 2.34. The normalized spacial score (nSPS) is 16.1. The molecule has 0 aromatic heterocycles. The summed E-state index contributed by atoms with van der Waals surface area (Å²) in [5.74, 6) is 0.998.